The molecule has 6 rings (SSSR count). The number of nitrogens with zero attached hydrogens (tertiary/aromatic N) is 6. The molecule has 0 atom stereocenters. The second-order valence-electron chi connectivity index (χ2n) is 10.2. The number of nitrogens with one attached hydrogen (secondary N) is 2. The summed E-state index contributed by atoms with van der Waals surface area (Å²) in [5, 5.41) is 16.3. The zero-order valence-corrected chi connectivity index (χ0v) is 23.1. The number of likely N-dealkylation sites (tertiary alicyclic amines) is 1. The molecule has 41 heavy (non-hydrogen) atoms. The van der Waals surface area contributed by atoms with Crippen molar-refractivity contribution in [1.29, 1.82) is 0 Å². The smallest absolute Gasteiger partial charge is 0.411 e. The highest BCUT2D eigenvalue weighted by molar-refractivity contribution is 5.91. The fourth-order valence-electron chi connectivity index (χ4n) is 5.39. The van der Waals surface area contributed by atoms with E-state index >= 15 is 0 Å². The highest BCUT2D eigenvalue weighted by Crippen LogP contribution is 2.31. The Balaban J connectivity index is 1.19. The van der Waals surface area contributed by atoms with Crippen molar-refractivity contribution in [2.45, 2.75) is 45.8 Å². The maximum atomic E-state index is 12.8. The molecule has 11 heteroatoms. The third kappa shape index (κ3) is 5.56. The molecule has 1 aliphatic rings. The summed E-state index contributed by atoms with van der Waals surface area (Å²) in [6.45, 7) is 5.46. The molecule has 0 radical (unpaired) electrons. The van der Waals surface area contributed by atoms with Crippen LogP contribution in [-0.4, -0.2) is 60.5 Å². The molecule has 0 aliphatic carbocycles. The molecule has 2 aromatic carbocycles. The Morgan fingerprint density at radius 2 is 1.88 bits per heavy atom. The lowest BCUT2D eigenvalue weighted by atomic mass is 10.1. The van der Waals surface area contributed by atoms with Gasteiger partial charge in [-0.25, -0.2) is 14.3 Å². The van der Waals surface area contributed by atoms with E-state index in [1.54, 1.807) is 22.5 Å². The summed E-state index contributed by atoms with van der Waals surface area (Å²) in [4.78, 5) is 30.6. The van der Waals surface area contributed by atoms with E-state index in [2.05, 4.69) is 44.0 Å². The minimum absolute atomic E-state index is 0.0459. The van der Waals surface area contributed by atoms with Crippen LogP contribution in [-0.2, 0) is 22.5 Å². The van der Waals surface area contributed by atoms with Gasteiger partial charge in [-0.1, -0.05) is 37.3 Å². The van der Waals surface area contributed by atoms with E-state index in [4.69, 9.17) is 4.74 Å². The SMILES string of the molecule is CCc1c(NC(=O)OC2CCN(C(C)=O)CC2)cn2ncnc(Nc3ccc4c(cnn4Cc4ccccc4)c3)c12. The molecule has 5 aromatic rings. The quantitative estimate of drug-likeness (QED) is 0.292. The Morgan fingerprint density at radius 1 is 1.07 bits per heavy atom. The molecule has 1 aliphatic heterocycles. The van der Waals surface area contributed by atoms with Crippen LogP contribution in [0.4, 0.5) is 22.0 Å². The molecule has 210 valence electrons. The number of carbonyl (C=O) groups excluding carboxylic acids is 2. The molecule has 3 aromatic heterocycles. The van der Waals surface area contributed by atoms with Crippen LogP contribution in [0.25, 0.3) is 16.4 Å². The van der Waals surface area contributed by atoms with Gasteiger partial charge < -0.3 is 15.0 Å². The van der Waals surface area contributed by atoms with E-state index < -0.39 is 6.09 Å². The van der Waals surface area contributed by atoms with E-state index in [-0.39, 0.29) is 12.0 Å². The van der Waals surface area contributed by atoms with E-state index in [0.717, 1.165) is 27.7 Å². The molecule has 1 fully saturated rings. The van der Waals surface area contributed by atoms with Crippen LogP contribution in [0.15, 0.2) is 67.3 Å². The largest absolute Gasteiger partial charge is 0.446 e. The number of fused-ring (bicyclic) bond motifs is 2. The molecule has 0 unspecified atom stereocenters. The first kappa shape index (κ1) is 26.3. The molecule has 4 heterocycles. The van der Waals surface area contributed by atoms with Gasteiger partial charge in [-0.05, 0) is 30.2 Å². The van der Waals surface area contributed by atoms with Crippen molar-refractivity contribution in [3.8, 4) is 0 Å². The van der Waals surface area contributed by atoms with Gasteiger partial charge in [0.05, 0.1) is 30.1 Å². The van der Waals surface area contributed by atoms with E-state index in [1.165, 1.54) is 11.9 Å². The summed E-state index contributed by atoms with van der Waals surface area (Å²) < 4.78 is 9.37. The number of aryl methyl sites for hydroxylation is 1. The number of piperidine rings is 1. The highest BCUT2D eigenvalue weighted by Gasteiger charge is 2.24. The average molecular weight is 553 g/mol. The Kier molecular flexibility index (Phi) is 7.24. The maximum absolute atomic E-state index is 12.8. The minimum Gasteiger partial charge on any atom is -0.446 e. The van der Waals surface area contributed by atoms with Gasteiger partial charge in [0.1, 0.15) is 17.9 Å². The van der Waals surface area contributed by atoms with Crippen LogP contribution in [0.3, 0.4) is 0 Å². The monoisotopic (exact) mass is 552 g/mol. The van der Waals surface area contributed by atoms with Gasteiger partial charge in [0, 0.05) is 49.5 Å². The predicted molar refractivity (Wildman–Crippen MR) is 156 cm³/mol. The number of hydrogen-bond acceptors (Lipinski definition) is 7. The average Bonchev–Trinajstić information content (AvgIpc) is 3.54. The van der Waals surface area contributed by atoms with Crippen LogP contribution >= 0.6 is 0 Å². The number of anilines is 3. The van der Waals surface area contributed by atoms with Crippen LogP contribution in [0.2, 0.25) is 0 Å². The molecule has 11 nitrogen and oxygen atoms in total. The Morgan fingerprint density at radius 3 is 2.63 bits per heavy atom. The number of rotatable bonds is 7. The van der Waals surface area contributed by atoms with Crippen molar-refractivity contribution in [3.63, 3.8) is 0 Å². The van der Waals surface area contributed by atoms with Crippen LogP contribution < -0.4 is 10.6 Å². The minimum atomic E-state index is -0.516. The maximum Gasteiger partial charge on any atom is 0.411 e. The number of benzene rings is 2. The van der Waals surface area contributed by atoms with Crippen LogP contribution in [0.1, 0.15) is 37.8 Å². The first-order valence-corrected chi connectivity index (χ1v) is 13.8. The van der Waals surface area contributed by atoms with E-state index in [0.29, 0.717) is 50.4 Å². The molecule has 0 bridgehead atoms. The fourth-order valence-corrected chi connectivity index (χ4v) is 5.39. The van der Waals surface area contributed by atoms with Crippen LogP contribution in [0.5, 0.6) is 0 Å². The van der Waals surface area contributed by atoms with Gasteiger partial charge in [-0.3, -0.25) is 14.8 Å². The molecular formula is C30H32N8O3. The second-order valence-corrected chi connectivity index (χ2v) is 10.2. The molecule has 0 spiro atoms. The summed E-state index contributed by atoms with van der Waals surface area (Å²) in [7, 11) is 0. The summed E-state index contributed by atoms with van der Waals surface area (Å²) in [5.74, 6) is 0.676. The lowest BCUT2D eigenvalue weighted by molar-refractivity contribution is -0.130. The Hall–Kier alpha value is -4.93. The van der Waals surface area contributed by atoms with Crippen LogP contribution in [0, 0.1) is 0 Å². The van der Waals surface area contributed by atoms with Crippen molar-refractivity contribution in [2.24, 2.45) is 0 Å². The van der Waals surface area contributed by atoms with Gasteiger partial charge >= 0.3 is 6.09 Å². The topological polar surface area (TPSA) is 119 Å². The lowest BCUT2D eigenvalue weighted by Crippen LogP contribution is -2.40. The van der Waals surface area contributed by atoms with Crippen molar-refractivity contribution in [3.05, 3.63) is 78.4 Å². The lowest BCUT2D eigenvalue weighted by Gasteiger charge is -2.30. The number of amides is 2. The third-order valence-electron chi connectivity index (χ3n) is 7.51. The van der Waals surface area contributed by atoms with Crippen molar-refractivity contribution >= 4 is 45.6 Å². The molecule has 2 amide bonds. The normalized spacial score (nSPS) is 14.0. The third-order valence-corrected chi connectivity index (χ3v) is 7.51. The van der Waals surface area contributed by atoms with E-state index in [1.807, 2.05) is 48.1 Å². The standard InChI is InChI=1S/C30H32N8O3/c1-3-25-26(35-30(40)41-24-11-13-36(14-12-24)20(2)39)18-38-28(25)29(31-19-33-38)34-23-9-10-27-22(15-23)16-32-37(27)17-21-7-5-4-6-8-21/h4-10,15-16,18-19,24H,3,11-14,17H2,1-2H3,(H,35,40)(H,31,33,34). The Bertz CT molecular complexity index is 1700. The van der Waals surface area contributed by atoms with Gasteiger partial charge in [-0.15, -0.1) is 0 Å². The summed E-state index contributed by atoms with van der Waals surface area (Å²) in [6.07, 6.45) is 6.28. The van der Waals surface area contributed by atoms with Crippen molar-refractivity contribution in [1.82, 2.24) is 29.3 Å². The molecular weight excluding hydrogens is 520 g/mol. The molecule has 2 N–H and O–H groups in total. The van der Waals surface area contributed by atoms with Gasteiger partial charge in [0.2, 0.25) is 5.91 Å². The fraction of sp³-hybridized carbons (Fsp3) is 0.300. The molecule has 0 saturated carbocycles. The van der Waals surface area contributed by atoms with Crippen molar-refractivity contribution in [2.75, 3.05) is 23.7 Å². The summed E-state index contributed by atoms with van der Waals surface area (Å²) in [6, 6.07) is 16.4. The van der Waals surface area contributed by atoms with Gasteiger partial charge in [0.25, 0.3) is 0 Å². The number of aromatic nitrogens is 5. The zero-order valence-electron chi connectivity index (χ0n) is 23.1. The predicted octanol–water partition coefficient (Wildman–Crippen LogP) is 4.99. The second kappa shape index (κ2) is 11.3. The molecule has 1 saturated heterocycles. The Labute approximate surface area is 237 Å². The zero-order chi connectivity index (χ0) is 28.3. The summed E-state index contributed by atoms with van der Waals surface area (Å²) >= 11 is 0. The number of hydrogen-bond donors (Lipinski definition) is 2. The highest BCUT2D eigenvalue weighted by atomic mass is 16.6. The number of ether oxygens (including phenoxy) is 1. The first-order valence-electron chi connectivity index (χ1n) is 13.8. The van der Waals surface area contributed by atoms with E-state index in [9.17, 15) is 9.59 Å². The summed E-state index contributed by atoms with van der Waals surface area (Å²) in [5.41, 5.74) is 5.40. The number of carbonyl (C=O) groups is 2. The van der Waals surface area contributed by atoms with Crippen molar-refractivity contribution < 1.29 is 14.3 Å². The van der Waals surface area contributed by atoms with Gasteiger partial charge in [0.15, 0.2) is 5.82 Å². The first-order chi connectivity index (χ1) is 20.0. The van der Waals surface area contributed by atoms with Gasteiger partial charge in [-0.2, -0.15) is 10.2 Å².